The van der Waals surface area contributed by atoms with Gasteiger partial charge in [-0.2, -0.15) is 0 Å². The standard InChI is InChI=1S/C5H13N2O3PS.C5H11NO2/c1-7(2)4-3-6-5(12)11(8,9)10;1-6(2,3)4-5(7)8/h3-4H2,1-2H3,(H,6,12)(H2,8,9,10);4H2,1-3H3/p-1. The second-order valence-corrected chi connectivity index (χ2v) is 7.66. The molecule has 0 amide bonds. The normalized spacial score (nSPS) is 11.6. The van der Waals surface area contributed by atoms with Gasteiger partial charge in [-0.15, -0.1) is 0 Å². The Hall–Kier alpha value is -0.570. The molecule has 2 N–H and O–H groups in total. The number of nitrogens with zero attached hydrogens (tertiary/aromatic N) is 1. The minimum atomic E-state index is -4.71. The van der Waals surface area contributed by atoms with Crippen molar-refractivity contribution >= 4 is 30.5 Å². The van der Waals surface area contributed by atoms with Crippen LogP contribution < -0.4 is 25.1 Å². The van der Waals surface area contributed by atoms with Gasteiger partial charge in [0.1, 0.15) is 11.3 Å². The fourth-order valence-electron chi connectivity index (χ4n) is 0.904. The summed E-state index contributed by atoms with van der Waals surface area (Å²) < 4.78 is 10.1. The van der Waals surface area contributed by atoms with Gasteiger partial charge in [0.2, 0.25) is 0 Å². The topological polar surface area (TPSA) is 120 Å². The summed E-state index contributed by atoms with van der Waals surface area (Å²) in [5.74, 6) is -1.00. The van der Waals surface area contributed by atoms with E-state index in [1.807, 2.05) is 14.1 Å². The Kier molecular flexibility index (Phi) is 10.2. The van der Waals surface area contributed by atoms with Crippen molar-refractivity contribution in [2.24, 2.45) is 0 Å². The molecule has 120 valence electrons. The average Bonchev–Trinajstić information content (AvgIpc) is 2.11. The maximum absolute atomic E-state index is 10.3. The van der Waals surface area contributed by atoms with Crippen molar-refractivity contribution in [1.82, 2.24) is 5.32 Å². The molecule has 0 aromatic carbocycles. The van der Waals surface area contributed by atoms with E-state index in [9.17, 15) is 24.3 Å². The van der Waals surface area contributed by atoms with Gasteiger partial charge in [0.05, 0.1) is 54.3 Å². The zero-order chi connectivity index (χ0) is 16.6. The van der Waals surface area contributed by atoms with Crippen LogP contribution in [0.1, 0.15) is 0 Å². The molecule has 0 aromatic rings. The number of hydrogen-bond acceptors (Lipinski definition) is 6. The largest absolute Gasteiger partial charge is 0.806 e. The quantitative estimate of drug-likeness (QED) is 0.286. The number of carboxylic acid groups (broad SMARTS) is 1. The summed E-state index contributed by atoms with van der Waals surface area (Å²) in [6.07, 6.45) is 0. The van der Waals surface area contributed by atoms with Gasteiger partial charge in [-0.3, -0.25) is 0 Å². The summed E-state index contributed by atoms with van der Waals surface area (Å²) in [5, 5.41) is 12.3. The molecule has 0 aliphatic heterocycles. The number of carboxylic acids is 1. The highest BCUT2D eigenvalue weighted by Gasteiger charge is 2.04. The van der Waals surface area contributed by atoms with Gasteiger partial charge < -0.3 is 39.0 Å². The Bertz CT molecular complexity index is 364. The molecule has 0 saturated carbocycles. The fraction of sp³-hybridized carbons (Fsp3) is 0.800. The Morgan fingerprint density at radius 2 is 1.75 bits per heavy atom. The molecule has 0 bridgehead atoms. The Morgan fingerprint density at radius 3 is 1.95 bits per heavy atom. The first-order valence-corrected chi connectivity index (χ1v) is 7.80. The molecule has 0 radical (unpaired) electrons. The van der Waals surface area contributed by atoms with Crippen molar-refractivity contribution < 1.29 is 33.6 Å². The van der Waals surface area contributed by atoms with Crippen LogP contribution in [-0.4, -0.2) is 70.1 Å². The number of quaternary nitrogens is 2. The summed E-state index contributed by atoms with van der Waals surface area (Å²) in [6.45, 7) is 1.18. The van der Waals surface area contributed by atoms with Crippen molar-refractivity contribution in [3.8, 4) is 0 Å². The Morgan fingerprint density at radius 1 is 1.30 bits per heavy atom. The minimum Gasteiger partial charge on any atom is -0.806 e. The first-order chi connectivity index (χ1) is 8.75. The molecule has 0 fully saturated rings. The van der Waals surface area contributed by atoms with E-state index in [0.717, 1.165) is 4.90 Å². The molecule has 10 heteroatoms. The molecule has 0 rings (SSSR count). The molecule has 0 aliphatic rings. The smallest absolute Gasteiger partial charge is 0.118 e. The van der Waals surface area contributed by atoms with E-state index in [2.05, 4.69) is 17.5 Å². The number of aliphatic carboxylic acids is 1. The lowest BCUT2D eigenvalue weighted by Gasteiger charge is -2.30. The predicted octanol–water partition coefficient (Wildman–Crippen LogP) is -4.64. The molecule has 20 heavy (non-hydrogen) atoms. The van der Waals surface area contributed by atoms with Crippen molar-refractivity contribution in [1.29, 1.82) is 0 Å². The third kappa shape index (κ3) is 17.4. The lowest BCUT2D eigenvalue weighted by Crippen LogP contribution is -3.06. The highest BCUT2D eigenvalue weighted by molar-refractivity contribution is 7.96. The van der Waals surface area contributed by atoms with Crippen molar-refractivity contribution in [2.75, 3.05) is 54.9 Å². The van der Waals surface area contributed by atoms with E-state index in [0.29, 0.717) is 17.6 Å². The van der Waals surface area contributed by atoms with Gasteiger partial charge >= 0.3 is 0 Å². The van der Waals surface area contributed by atoms with Crippen LogP contribution in [0.25, 0.3) is 0 Å². The van der Waals surface area contributed by atoms with Crippen molar-refractivity contribution in [2.45, 2.75) is 0 Å². The van der Waals surface area contributed by atoms with Crippen LogP contribution in [0.5, 0.6) is 0 Å². The third-order valence-corrected chi connectivity index (χ3v) is 3.22. The molecule has 0 saturated heterocycles. The summed E-state index contributed by atoms with van der Waals surface area (Å²) in [5.41, 5.74) is 0. The number of thiocarbonyl (C=S) groups is 1. The number of rotatable bonds is 6. The van der Waals surface area contributed by atoms with E-state index in [-0.39, 0.29) is 6.54 Å². The SMILES string of the molecule is C[N+](C)(C)CC(=O)[O-].C[NH+](C)CCNC(=S)P(=O)([O-])[O-]. The zero-order valence-corrected chi connectivity index (χ0v) is 14.2. The van der Waals surface area contributed by atoms with E-state index in [4.69, 9.17) is 0 Å². The second kappa shape index (κ2) is 9.38. The van der Waals surface area contributed by atoms with Crippen LogP contribution in [0, 0.1) is 0 Å². The highest BCUT2D eigenvalue weighted by Crippen LogP contribution is 2.23. The van der Waals surface area contributed by atoms with E-state index >= 15 is 0 Å². The van der Waals surface area contributed by atoms with Crippen molar-refractivity contribution in [3.05, 3.63) is 0 Å². The zero-order valence-electron chi connectivity index (χ0n) is 12.5. The fourth-order valence-corrected chi connectivity index (χ4v) is 1.31. The van der Waals surface area contributed by atoms with Crippen LogP contribution in [0.4, 0.5) is 0 Å². The third-order valence-electron chi connectivity index (χ3n) is 1.75. The maximum Gasteiger partial charge on any atom is 0.118 e. The van der Waals surface area contributed by atoms with Crippen LogP contribution in [-0.2, 0) is 9.36 Å². The number of likely N-dealkylation sites (N-methyl/N-ethyl adjacent to an activating group) is 2. The van der Waals surface area contributed by atoms with E-state index in [1.165, 1.54) is 0 Å². The molecule has 0 aromatic heterocycles. The summed E-state index contributed by atoms with van der Waals surface area (Å²) >= 11 is 4.33. The van der Waals surface area contributed by atoms with Crippen LogP contribution in [0.15, 0.2) is 0 Å². The predicted molar refractivity (Wildman–Crippen MR) is 73.8 cm³/mol. The first kappa shape index (κ1) is 21.7. The molecule has 0 heterocycles. The van der Waals surface area contributed by atoms with Gasteiger partial charge in [-0.25, -0.2) is 0 Å². The maximum atomic E-state index is 10.3. The van der Waals surface area contributed by atoms with E-state index < -0.39 is 18.3 Å². The molecule has 0 spiro atoms. The lowest BCUT2D eigenvalue weighted by atomic mass is 10.5. The Balaban J connectivity index is 0. The lowest BCUT2D eigenvalue weighted by molar-refractivity contribution is -0.864. The molecular formula is C10H23N3O5PS-. The Labute approximate surface area is 125 Å². The molecule has 0 unspecified atom stereocenters. The number of carbonyl (C=O) groups is 1. The molecule has 0 atom stereocenters. The molecular weight excluding hydrogens is 305 g/mol. The molecule has 0 aliphatic carbocycles. The van der Waals surface area contributed by atoms with Crippen LogP contribution in [0.2, 0.25) is 0 Å². The highest BCUT2D eigenvalue weighted by atomic mass is 32.1. The van der Waals surface area contributed by atoms with Crippen LogP contribution >= 0.6 is 19.8 Å². The van der Waals surface area contributed by atoms with Crippen molar-refractivity contribution in [3.63, 3.8) is 0 Å². The first-order valence-electron chi connectivity index (χ1n) is 5.85. The monoisotopic (exact) mass is 328 g/mol. The molecule has 8 nitrogen and oxygen atoms in total. The second-order valence-electron chi connectivity index (χ2n) is 5.51. The van der Waals surface area contributed by atoms with Gasteiger partial charge in [0.25, 0.3) is 0 Å². The van der Waals surface area contributed by atoms with Gasteiger partial charge in [-0.05, 0) is 7.60 Å². The number of carbonyl (C=O) groups excluding carboxylic acids is 1. The summed E-state index contributed by atoms with van der Waals surface area (Å²) in [7, 11) is 4.53. The average molecular weight is 328 g/mol. The number of nitrogens with one attached hydrogen (secondary N) is 2. The minimum absolute atomic E-state index is 0.0694. The van der Waals surface area contributed by atoms with Crippen LogP contribution in [0.3, 0.4) is 0 Å². The number of hydrogen-bond donors (Lipinski definition) is 2. The van der Waals surface area contributed by atoms with Gasteiger partial charge in [-0.1, -0.05) is 12.2 Å². The summed E-state index contributed by atoms with van der Waals surface area (Å²) in [6, 6.07) is 0. The summed E-state index contributed by atoms with van der Waals surface area (Å²) in [4.78, 5) is 31.6. The van der Waals surface area contributed by atoms with E-state index in [1.54, 1.807) is 21.1 Å². The van der Waals surface area contributed by atoms with Gasteiger partial charge in [0, 0.05) is 0 Å². The van der Waals surface area contributed by atoms with Gasteiger partial charge in [0.15, 0.2) is 0 Å².